The Morgan fingerprint density at radius 3 is 2.95 bits per heavy atom. The minimum Gasteiger partial charge on any atom is -0.486 e. The van der Waals surface area contributed by atoms with Crippen molar-refractivity contribution >= 4 is 6.34 Å². The number of hydrazine groups is 1. The maximum absolute atomic E-state index is 5.97. The number of benzene rings is 1. The monoisotopic (exact) mass is 279 g/mol. The van der Waals surface area contributed by atoms with Crippen molar-refractivity contribution in [2.45, 2.75) is 18.6 Å². The van der Waals surface area contributed by atoms with Crippen molar-refractivity contribution in [3.05, 3.63) is 24.3 Å². The van der Waals surface area contributed by atoms with E-state index in [9.17, 15) is 0 Å². The van der Waals surface area contributed by atoms with Crippen molar-refractivity contribution in [3.8, 4) is 11.5 Å². The van der Waals surface area contributed by atoms with Gasteiger partial charge < -0.3 is 20.5 Å². The molecular formula is C13H21N5O2. The van der Waals surface area contributed by atoms with Gasteiger partial charge in [-0.15, -0.1) is 0 Å². The third-order valence-corrected chi connectivity index (χ3v) is 3.19. The van der Waals surface area contributed by atoms with Crippen LogP contribution in [0.5, 0.6) is 11.5 Å². The van der Waals surface area contributed by atoms with Gasteiger partial charge >= 0.3 is 0 Å². The van der Waals surface area contributed by atoms with E-state index in [2.05, 4.69) is 10.4 Å². The maximum Gasteiger partial charge on any atom is 0.161 e. The first-order valence-corrected chi connectivity index (χ1v) is 6.57. The minimum absolute atomic E-state index is 0.129. The van der Waals surface area contributed by atoms with Gasteiger partial charge in [-0.05, 0) is 32.1 Å². The lowest BCUT2D eigenvalue weighted by Crippen LogP contribution is -2.51. The molecule has 1 aliphatic heterocycles. The highest BCUT2D eigenvalue weighted by Gasteiger charge is 2.31. The molecule has 0 spiro atoms. The second-order valence-electron chi connectivity index (χ2n) is 4.52. The van der Waals surface area contributed by atoms with E-state index in [1.165, 1.54) is 11.5 Å². The summed E-state index contributed by atoms with van der Waals surface area (Å²) in [6.45, 7) is 1.22. The number of nitrogens with one attached hydrogen (secondary N) is 1. The molecule has 7 heteroatoms. The van der Waals surface area contributed by atoms with Crippen molar-refractivity contribution in [3.63, 3.8) is 0 Å². The van der Waals surface area contributed by atoms with Crippen molar-refractivity contribution in [1.82, 2.24) is 10.4 Å². The van der Waals surface area contributed by atoms with Crippen LogP contribution in [-0.4, -0.2) is 43.8 Å². The van der Waals surface area contributed by atoms with E-state index in [0.29, 0.717) is 6.61 Å². The highest BCUT2D eigenvalue weighted by Crippen LogP contribution is 2.32. The van der Waals surface area contributed by atoms with Crippen LogP contribution in [0.3, 0.4) is 0 Å². The SMILES string of the molecule is CNCCC(C1COc2ccccc2O1)N(N)/N=C\N. The van der Waals surface area contributed by atoms with Crippen LogP contribution in [0.1, 0.15) is 6.42 Å². The number of para-hydroxylation sites is 2. The fraction of sp³-hybridized carbons (Fsp3) is 0.462. The molecule has 2 atom stereocenters. The van der Waals surface area contributed by atoms with Gasteiger partial charge in [0.15, 0.2) is 17.6 Å². The molecule has 0 aliphatic carbocycles. The standard InChI is InChI=1S/C13H21N5O2/c1-16-7-6-10(18(15)17-9-14)13-8-19-11-4-2-3-5-12(11)20-13/h2-5,9-10,13,16H,6-8,15H2,1H3,(H2,14,17). The van der Waals surface area contributed by atoms with Crippen LogP contribution in [-0.2, 0) is 0 Å². The van der Waals surface area contributed by atoms with Crippen LogP contribution >= 0.6 is 0 Å². The zero-order valence-corrected chi connectivity index (χ0v) is 11.5. The molecule has 0 radical (unpaired) electrons. The molecule has 0 saturated carbocycles. The molecule has 110 valence electrons. The van der Waals surface area contributed by atoms with Crippen molar-refractivity contribution in [1.29, 1.82) is 0 Å². The molecule has 0 bridgehead atoms. The molecular weight excluding hydrogens is 258 g/mol. The number of ether oxygens (including phenoxy) is 2. The topological polar surface area (TPSA) is 98.1 Å². The predicted molar refractivity (Wildman–Crippen MR) is 77.4 cm³/mol. The van der Waals surface area contributed by atoms with E-state index in [4.69, 9.17) is 21.1 Å². The van der Waals surface area contributed by atoms with Crippen molar-refractivity contribution in [2.75, 3.05) is 20.2 Å². The molecule has 1 aromatic rings. The number of nitrogens with two attached hydrogens (primary N) is 2. The van der Waals surface area contributed by atoms with Gasteiger partial charge in [0.05, 0.1) is 0 Å². The van der Waals surface area contributed by atoms with Crippen molar-refractivity contribution in [2.24, 2.45) is 16.7 Å². The molecule has 5 N–H and O–H groups in total. The summed E-state index contributed by atoms with van der Waals surface area (Å²) in [4.78, 5) is 0. The van der Waals surface area contributed by atoms with Gasteiger partial charge in [0.1, 0.15) is 19.0 Å². The van der Waals surface area contributed by atoms with Crippen LogP contribution in [0.25, 0.3) is 0 Å². The van der Waals surface area contributed by atoms with Gasteiger partial charge in [0, 0.05) is 0 Å². The molecule has 2 unspecified atom stereocenters. The molecule has 20 heavy (non-hydrogen) atoms. The molecule has 2 rings (SSSR count). The molecule has 0 fully saturated rings. The summed E-state index contributed by atoms with van der Waals surface area (Å²) >= 11 is 0. The van der Waals surface area contributed by atoms with E-state index < -0.39 is 0 Å². The number of hydrogen-bond donors (Lipinski definition) is 3. The molecule has 1 aliphatic rings. The smallest absolute Gasteiger partial charge is 0.161 e. The highest BCUT2D eigenvalue weighted by atomic mass is 16.6. The van der Waals surface area contributed by atoms with E-state index >= 15 is 0 Å². The van der Waals surface area contributed by atoms with Crippen molar-refractivity contribution < 1.29 is 9.47 Å². The summed E-state index contributed by atoms with van der Waals surface area (Å²) in [6.07, 6.45) is 1.73. The molecule has 0 saturated heterocycles. The summed E-state index contributed by atoms with van der Waals surface area (Å²) < 4.78 is 11.7. The van der Waals surface area contributed by atoms with Crippen LogP contribution in [0.2, 0.25) is 0 Å². The first-order valence-electron chi connectivity index (χ1n) is 6.57. The number of nitrogens with zero attached hydrogens (tertiary/aromatic N) is 2. The van der Waals surface area contributed by atoms with Gasteiger partial charge in [-0.3, -0.25) is 0 Å². The van der Waals surface area contributed by atoms with Gasteiger partial charge in [-0.2, -0.15) is 5.10 Å². The van der Waals surface area contributed by atoms with E-state index in [1.807, 2.05) is 31.3 Å². The Morgan fingerprint density at radius 1 is 1.50 bits per heavy atom. The summed E-state index contributed by atoms with van der Waals surface area (Å²) in [5.74, 6) is 7.39. The Balaban J connectivity index is 2.10. The first-order chi connectivity index (χ1) is 9.76. The first kappa shape index (κ1) is 14.4. The number of hydrogen-bond acceptors (Lipinski definition) is 6. The van der Waals surface area contributed by atoms with E-state index in [-0.39, 0.29) is 12.1 Å². The van der Waals surface area contributed by atoms with Gasteiger partial charge in [-0.25, -0.2) is 11.0 Å². The molecule has 1 heterocycles. The lowest BCUT2D eigenvalue weighted by molar-refractivity contribution is 0.0108. The highest BCUT2D eigenvalue weighted by molar-refractivity contribution is 5.50. The Hall–Kier alpha value is -1.99. The number of fused-ring (bicyclic) bond motifs is 1. The Labute approximate surface area is 118 Å². The van der Waals surface area contributed by atoms with E-state index in [1.54, 1.807) is 0 Å². The minimum atomic E-state index is -0.202. The van der Waals surface area contributed by atoms with Gasteiger partial charge in [0.2, 0.25) is 0 Å². The molecule has 1 aromatic carbocycles. The maximum atomic E-state index is 5.97. The second kappa shape index (κ2) is 6.97. The summed E-state index contributed by atoms with van der Waals surface area (Å²) in [6, 6.07) is 7.45. The lowest BCUT2D eigenvalue weighted by atomic mass is 10.1. The Morgan fingerprint density at radius 2 is 2.25 bits per heavy atom. The van der Waals surface area contributed by atoms with Gasteiger partial charge in [-0.1, -0.05) is 12.1 Å². The quantitative estimate of drug-likeness (QED) is 0.291. The second-order valence-corrected chi connectivity index (χ2v) is 4.52. The molecule has 7 nitrogen and oxygen atoms in total. The summed E-state index contributed by atoms with van der Waals surface area (Å²) in [7, 11) is 1.89. The Bertz CT molecular complexity index is 454. The zero-order chi connectivity index (χ0) is 14.4. The summed E-state index contributed by atoms with van der Waals surface area (Å²) in [5, 5.41) is 8.33. The lowest BCUT2D eigenvalue weighted by Gasteiger charge is -2.35. The van der Waals surface area contributed by atoms with Crippen LogP contribution in [0.15, 0.2) is 29.4 Å². The average molecular weight is 279 g/mol. The largest absolute Gasteiger partial charge is 0.486 e. The normalized spacial score (nSPS) is 19.0. The average Bonchev–Trinajstić information content (AvgIpc) is 2.48. The van der Waals surface area contributed by atoms with Crippen LogP contribution in [0.4, 0.5) is 0 Å². The predicted octanol–water partition coefficient (Wildman–Crippen LogP) is -0.118. The Kier molecular flexibility index (Phi) is 5.03. The fourth-order valence-corrected chi connectivity index (χ4v) is 2.17. The third kappa shape index (κ3) is 3.31. The zero-order valence-electron chi connectivity index (χ0n) is 11.5. The third-order valence-electron chi connectivity index (χ3n) is 3.19. The molecule has 0 amide bonds. The number of hydrazone groups is 1. The van der Waals surface area contributed by atoms with Crippen LogP contribution in [0, 0.1) is 0 Å². The number of rotatable bonds is 6. The van der Waals surface area contributed by atoms with Gasteiger partial charge in [0.25, 0.3) is 0 Å². The summed E-state index contributed by atoms with van der Waals surface area (Å²) in [5.41, 5.74) is 5.30. The molecule has 0 aromatic heterocycles. The fourth-order valence-electron chi connectivity index (χ4n) is 2.17. The van der Waals surface area contributed by atoms with Crippen LogP contribution < -0.4 is 26.4 Å². The van der Waals surface area contributed by atoms with E-state index in [0.717, 1.165) is 24.5 Å².